The van der Waals surface area contributed by atoms with Gasteiger partial charge in [0.05, 0.1) is 12.0 Å². The van der Waals surface area contributed by atoms with Gasteiger partial charge < -0.3 is 20.1 Å². The highest BCUT2D eigenvalue weighted by Crippen LogP contribution is 2.48. The van der Waals surface area contributed by atoms with Crippen LogP contribution in [0.4, 0.5) is 11.4 Å². The number of allylic oxidation sites excluding steroid dienone is 7. The van der Waals surface area contributed by atoms with Crippen molar-refractivity contribution in [2.45, 2.75) is 65.2 Å². The summed E-state index contributed by atoms with van der Waals surface area (Å²) in [5.74, 6) is 0. The van der Waals surface area contributed by atoms with E-state index in [9.17, 15) is 0 Å². The SMILES string of the molecule is COCCN1/C(=C/C=C2\CCC(/C=C/C3=[N+](CCOC)c4ccc(C)cc4C3(C)C)=C2N)C(C)(C)c2cc(C)ccc21. The number of ether oxygens (including phenoxy) is 2. The van der Waals surface area contributed by atoms with E-state index in [1.54, 1.807) is 14.2 Å². The number of fused-ring (bicyclic) bond motifs is 2. The van der Waals surface area contributed by atoms with Crippen LogP contribution in [0.1, 0.15) is 62.8 Å². The van der Waals surface area contributed by atoms with Gasteiger partial charge in [0.1, 0.15) is 6.61 Å². The standard InChI is InChI=1S/C37H47N3O2/c1-25-9-15-31-29(23-25)36(3,4)33(39(31)19-21-41-7)17-13-27-11-12-28(35(27)38)14-18-34-37(5,6)30-24-26(2)10-16-32(30)40(34)20-22-42-8/h9-10,13-18,23-24,38H,11-12,19-22H2,1-8H3/p+1/b27-13+,33-17+. The molecule has 0 bridgehead atoms. The molecule has 5 rings (SSSR count). The molecule has 3 aliphatic rings. The smallest absolute Gasteiger partial charge is 0.209 e. The van der Waals surface area contributed by atoms with Gasteiger partial charge in [0.2, 0.25) is 5.69 Å². The first-order valence-corrected chi connectivity index (χ1v) is 15.2. The van der Waals surface area contributed by atoms with E-state index in [4.69, 9.17) is 15.2 Å². The zero-order valence-corrected chi connectivity index (χ0v) is 26.8. The Labute approximate surface area is 252 Å². The summed E-state index contributed by atoms with van der Waals surface area (Å²) >= 11 is 0. The first-order chi connectivity index (χ1) is 20.0. The van der Waals surface area contributed by atoms with Gasteiger partial charge in [0.15, 0.2) is 12.3 Å². The molecular formula is C37H48N3O2+. The summed E-state index contributed by atoms with van der Waals surface area (Å²) in [7, 11) is 3.53. The maximum absolute atomic E-state index is 6.82. The third-order valence-electron chi connectivity index (χ3n) is 9.37. The Morgan fingerprint density at radius 3 is 2.26 bits per heavy atom. The van der Waals surface area contributed by atoms with Gasteiger partial charge in [0, 0.05) is 61.0 Å². The van der Waals surface area contributed by atoms with Gasteiger partial charge in [-0.1, -0.05) is 55.3 Å². The highest BCUT2D eigenvalue weighted by molar-refractivity contribution is 6.03. The summed E-state index contributed by atoms with van der Waals surface area (Å²) in [4.78, 5) is 2.41. The fourth-order valence-electron chi connectivity index (χ4n) is 6.88. The van der Waals surface area contributed by atoms with Crippen molar-refractivity contribution in [3.05, 3.63) is 105 Å². The predicted octanol–water partition coefficient (Wildman–Crippen LogP) is 7.14. The van der Waals surface area contributed by atoms with Gasteiger partial charge in [-0.15, -0.1) is 0 Å². The van der Waals surface area contributed by atoms with E-state index in [1.165, 1.54) is 56.2 Å². The lowest BCUT2D eigenvalue weighted by atomic mass is 9.80. The van der Waals surface area contributed by atoms with E-state index in [2.05, 4.69) is 112 Å². The summed E-state index contributed by atoms with van der Waals surface area (Å²) in [6.45, 7) is 16.6. The maximum atomic E-state index is 6.82. The molecule has 42 heavy (non-hydrogen) atoms. The summed E-state index contributed by atoms with van der Waals surface area (Å²) in [6.07, 6.45) is 11.0. The molecule has 222 valence electrons. The first kappa shape index (κ1) is 30.1. The molecule has 0 amide bonds. The van der Waals surface area contributed by atoms with Crippen molar-refractivity contribution >= 4 is 17.1 Å². The topological polar surface area (TPSA) is 50.7 Å². The number of nitrogens with two attached hydrogens (primary N) is 1. The molecule has 1 aliphatic carbocycles. The molecule has 2 aliphatic heterocycles. The van der Waals surface area contributed by atoms with E-state index >= 15 is 0 Å². The second-order valence-corrected chi connectivity index (χ2v) is 13.0. The van der Waals surface area contributed by atoms with Crippen LogP contribution >= 0.6 is 0 Å². The molecule has 0 atom stereocenters. The lowest BCUT2D eigenvalue weighted by Gasteiger charge is -2.27. The molecule has 2 heterocycles. The summed E-state index contributed by atoms with van der Waals surface area (Å²) < 4.78 is 13.4. The zero-order valence-electron chi connectivity index (χ0n) is 26.8. The molecule has 0 unspecified atom stereocenters. The molecule has 0 saturated heterocycles. The van der Waals surface area contributed by atoms with Crippen LogP contribution in [0.3, 0.4) is 0 Å². The number of aryl methyl sites for hydroxylation is 2. The van der Waals surface area contributed by atoms with E-state index in [-0.39, 0.29) is 10.8 Å². The predicted molar refractivity (Wildman–Crippen MR) is 175 cm³/mol. The Hall–Kier alpha value is -3.41. The van der Waals surface area contributed by atoms with E-state index < -0.39 is 0 Å². The van der Waals surface area contributed by atoms with Crippen LogP contribution in [0.5, 0.6) is 0 Å². The van der Waals surface area contributed by atoms with Crippen molar-refractivity contribution in [1.82, 2.24) is 0 Å². The fourth-order valence-corrected chi connectivity index (χ4v) is 6.88. The average Bonchev–Trinajstić information content (AvgIpc) is 3.48. The quantitative estimate of drug-likeness (QED) is 0.328. The minimum atomic E-state index is -0.102. The van der Waals surface area contributed by atoms with Gasteiger partial charge in [-0.2, -0.15) is 4.58 Å². The normalized spacial score (nSPS) is 21.0. The molecule has 2 aromatic carbocycles. The summed E-state index contributed by atoms with van der Waals surface area (Å²) in [6, 6.07) is 13.6. The van der Waals surface area contributed by atoms with Crippen molar-refractivity contribution in [1.29, 1.82) is 0 Å². The Bertz CT molecular complexity index is 1530. The molecule has 2 N–H and O–H groups in total. The lowest BCUT2D eigenvalue weighted by Crippen LogP contribution is -2.28. The largest absolute Gasteiger partial charge is 0.398 e. The third-order valence-corrected chi connectivity index (χ3v) is 9.37. The van der Waals surface area contributed by atoms with E-state index in [0.29, 0.717) is 13.2 Å². The number of hydrogen-bond acceptors (Lipinski definition) is 4. The highest BCUT2D eigenvalue weighted by Gasteiger charge is 2.44. The number of methoxy groups -OCH3 is 2. The molecule has 5 heteroatoms. The molecule has 0 saturated carbocycles. The minimum absolute atomic E-state index is 0.102. The fraction of sp³-hybridized carbons (Fsp3) is 0.432. The van der Waals surface area contributed by atoms with Gasteiger partial charge in [-0.25, -0.2) is 0 Å². The summed E-state index contributed by atoms with van der Waals surface area (Å²) in [5, 5.41) is 0. The molecule has 0 radical (unpaired) electrons. The molecule has 0 aromatic heterocycles. The molecule has 2 aromatic rings. The second kappa shape index (κ2) is 11.7. The van der Waals surface area contributed by atoms with Crippen molar-refractivity contribution < 1.29 is 14.0 Å². The van der Waals surface area contributed by atoms with Crippen LogP contribution in [-0.4, -0.2) is 50.8 Å². The number of hydrogen-bond donors (Lipinski definition) is 1. The molecule has 5 nitrogen and oxygen atoms in total. The average molecular weight is 567 g/mol. The van der Waals surface area contributed by atoms with Crippen LogP contribution in [-0.2, 0) is 20.3 Å². The number of nitrogens with zero attached hydrogens (tertiary/aromatic N) is 2. The Kier molecular flexibility index (Phi) is 8.37. The molecular weight excluding hydrogens is 518 g/mol. The van der Waals surface area contributed by atoms with Crippen molar-refractivity contribution in [3.8, 4) is 0 Å². The van der Waals surface area contributed by atoms with Crippen LogP contribution in [0, 0.1) is 13.8 Å². The van der Waals surface area contributed by atoms with E-state index in [1.807, 2.05) is 0 Å². The lowest BCUT2D eigenvalue weighted by molar-refractivity contribution is -0.441. The van der Waals surface area contributed by atoms with Crippen molar-refractivity contribution in [3.63, 3.8) is 0 Å². The number of rotatable bonds is 9. The summed E-state index contributed by atoms with van der Waals surface area (Å²) in [5.41, 5.74) is 20.4. The molecule has 0 spiro atoms. The Morgan fingerprint density at radius 1 is 0.857 bits per heavy atom. The Morgan fingerprint density at radius 2 is 1.55 bits per heavy atom. The second-order valence-electron chi connectivity index (χ2n) is 13.0. The van der Waals surface area contributed by atoms with Gasteiger partial charge >= 0.3 is 0 Å². The first-order valence-electron chi connectivity index (χ1n) is 15.2. The van der Waals surface area contributed by atoms with Crippen LogP contribution in [0.2, 0.25) is 0 Å². The highest BCUT2D eigenvalue weighted by atomic mass is 16.5. The van der Waals surface area contributed by atoms with Crippen molar-refractivity contribution in [2.24, 2.45) is 5.73 Å². The van der Waals surface area contributed by atoms with Gasteiger partial charge in [-0.05, 0) is 75.5 Å². The van der Waals surface area contributed by atoms with E-state index in [0.717, 1.165) is 31.6 Å². The zero-order chi connectivity index (χ0) is 30.2. The Balaban J connectivity index is 1.47. The number of benzene rings is 2. The maximum Gasteiger partial charge on any atom is 0.209 e. The van der Waals surface area contributed by atoms with Crippen molar-refractivity contribution in [2.75, 3.05) is 45.4 Å². The van der Waals surface area contributed by atoms with Gasteiger partial charge in [0.25, 0.3) is 0 Å². The number of anilines is 1. The third kappa shape index (κ3) is 5.29. The van der Waals surface area contributed by atoms with Crippen LogP contribution in [0.25, 0.3) is 0 Å². The molecule has 0 fully saturated rings. The van der Waals surface area contributed by atoms with Crippen LogP contribution < -0.4 is 10.6 Å². The monoisotopic (exact) mass is 566 g/mol. The van der Waals surface area contributed by atoms with Crippen LogP contribution in [0.15, 0.2) is 83.2 Å². The van der Waals surface area contributed by atoms with Gasteiger partial charge in [-0.3, -0.25) is 0 Å². The minimum Gasteiger partial charge on any atom is -0.398 e.